The van der Waals surface area contributed by atoms with E-state index in [1.54, 1.807) is 0 Å². The normalized spacial score (nSPS) is 37.9. The molecule has 3 heteroatoms. The van der Waals surface area contributed by atoms with Crippen LogP contribution in [0.4, 0.5) is 0 Å². The second-order valence-corrected chi connectivity index (χ2v) is 4.93. The average molecular weight is 199 g/mol. The van der Waals surface area contributed by atoms with Gasteiger partial charge >= 0.3 is 0 Å². The molecule has 3 atom stereocenters. The van der Waals surface area contributed by atoms with E-state index in [1.165, 1.54) is 6.42 Å². The fourth-order valence-electron chi connectivity index (χ4n) is 2.71. The summed E-state index contributed by atoms with van der Waals surface area (Å²) in [6.07, 6.45) is 5.41. The van der Waals surface area contributed by atoms with Gasteiger partial charge in [0.05, 0.1) is 18.3 Å². The lowest BCUT2D eigenvalue weighted by molar-refractivity contribution is -0.114. The maximum absolute atomic E-state index is 10.2. The maximum Gasteiger partial charge on any atom is 0.0870 e. The van der Waals surface area contributed by atoms with E-state index >= 15 is 0 Å². The molecule has 1 aliphatic heterocycles. The Balaban J connectivity index is 1.96. The first-order valence-electron chi connectivity index (χ1n) is 5.71. The summed E-state index contributed by atoms with van der Waals surface area (Å²) in [4.78, 5) is 0. The molecule has 1 aliphatic carbocycles. The van der Waals surface area contributed by atoms with Gasteiger partial charge in [0.15, 0.2) is 0 Å². The Hall–Kier alpha value is -0.120. The topological polar surface area (TPSA) is 55.5 Å². The van der Waals surface area contributed by atoms with Gasteiger partial charge in [-0.1, -0.05) is 6.42 Å². The van der Waals surface area contributed by atoms with E-state index in [0.717, 1.165) is 25.7 Å². The first-order valence-corrected chi connectivity index (χ1v) is 5.71. The molecule has 3 unspecified atom stereocenters. The summed E-state index contributed by atoms with van der Waals surface area (Å²) < 4.78 is 5.70. The minimum Gasteiger partial charge on any atom is -0.390 e. The zero-order chi connectivity index (χ0) is 10.2. The first kappa shape index (κ1) is 10.4. The highest BCUT2D eigenvalue weighted by Gasteiger charge is 2.47. The van der Waals surface area contributed by atoms with Crippen molar-refractivity contribution in [1.82, 2.24) is 0 Å². The second-order valence-electron chi connectivity index (χ2n) is 4.93. The Bertz CT molecular complexity index is 198. The Morgan fingerprint density at radius 3 is 2.57 bits per heavy atom. The van der Waals surface area contributed by atoms with Gasteiger partial charge in [0.25, 0.3) is 0 Å². The lowest BCUT2D eigenvalue weighted by Crippen LogP contribution is -2.52. The molecule has 82 valence electrons. The summed E-state index contributed by atoms with van der Waals surface area (Å²) in [6.45, 7) is 2.67. The maximum atomic E-state index is 10.2. The largest absolute Gasteiger partial charge is 0.390 e. The summed E-state index contributed by atoms with van der Waals surface area (Å²) in [6, 6.07) is 0. The van der Waals surface area contributed by atoms with Crippen LogP contribution in [0.3, 0.4) is 0 Å². The van der Waals surface area contributed by atoms with Gasteiger partial charge in [-0.3, -0.25) is 0 Å². The van der Waals surface area contributed by atoms with Crippen molar-refractivity contribution in [2.24, 2.45) is 11.1 Å². The minimum absolute atomic E-state index is 0.0191. The van der Waals surface area contributed by atoms with E-state index in [4.69, 9.17) is 10.5 Å². The molecule has 0 aromatic carbocycles. The Kier molecular flexibility index (Phi) is 2.82. The Labute approximate surface area is 85.6 Å². The van der Waals surface area contributed by atoms with Crippen LogP contribution < -0.4 is 5.73 Å². The van der Waals surface area contributed by atoms with Crippen LogP contribution in [-0.4, -0.2) is 30.0 Å². The molecule has 0 amide bonds. The third-order valence-corrected chi connectivity index (χ3v) is 4.00. The third kappa shape index (κ3) is 1.58. The molecule has 0 aromatic rings. The van der Waals surface area contributed by atoms with Gasteiger partial charge in [-0.05, 0) is 32.6 Å². The van der Waals surface area contributed by atoms with Crippen LogP contribution in [0.15, 0.2) is 0 Å². The molecular weight excluding hydrogens is 178 g/mol. The Morgan fingerprint density at radius 1 is 1.50 bits per heavy atom. The highest BCUT2D eigenvalue weighted by molar-refractivity contribution is 4.98. The molecule has 2 fully saturated rings. The highest BCUT2D eigenvalue weighted by atomic mass is 16.5. The van der Waals surface area contributed by atoms with Gasteiger partial charge in [-0.2, -0.15) is 0 Å². The van der Waals surface area contributed by atoms with Gasteiger partial charge in [0.1, 0.15) is 0 Å². The highest BCUT2D eigenvalue weighted by Crippen LogP contribution is 2.46. The second kappa shape index (κ2) is 3.80. The fraction of sp³-hybridized carbons (Fsp3) is 1.00. The summed E-state index contributed by atoms with van der Waals surface area (Å²) in [5.41, 5.74) is 5.74. The number of aliphatic hydroxyl groups is 1. The van der Waals surface area contributed by atoms with Crippen LogP contribution in [0.2, 0.25) is 0 Å². The molecule has 1 heterocycles. The molecule has 14 heavy (non-hydrogen) atoms. The van der Waals surface area contributed by atoms with Gasteiger partial charge < -0.3 is 15.6 Å². The lowest BCUT2D eigenvalue weighted by atomic mass is 9.63. The van der Waals surface area contributed by atoms with Crippen molar-refractivity contribution in [2.75, 3.05) is 6.54 Å². The molecule has 1 saturated carbocycles. The van der Waals surface area contributed by atoms with Crippen molar-refractivity contribution < 1.29 is 9.84 Å². The molecule has 2 aliphatic rings. The van der Waals surface area contributed by atoms with Crippen LogP contribution in [0.1, 0.15) is 39.0 Å². The van der Waals surface area contributed by atoms with Crippen LogP contribution in [0, 0.1) is 5.41 Å². The molecule has 2 rings (SSSR count). The van der Waals surface area contributed by atoms with E-state index in [9.17, 15) is 5.11 Å². The Morgan fingerprint density at radius 2 is 2.21 bits per heavy atom. The SMILES string of the molecule is CC1CCC(C(O)C2(CN)CCC2)O1. The van der Waals surface area contributed by atoms with Crippen LogP contribution in [0.25, 0.3) is 0 Å². The monoisotopic (exact) mass is 199 g/mol. The third-order valence-electron chi connectivity index (χ3n) is 4.00. The number of hydrogen-bond acceptors (Lipinski definition) is 3. The van der Waals surface area contributed by atoms with Gasteiger partial charge in [0, 0.05) is 12.0 Å². The zero-order valence-electron chi connectivity index (χ0n) is 8.91. The fourth-order valence-corrected chi connectivity index (χ4v) is 2.71. The van der Waals surface area contributed by atoms with Crippen molar-refractivity contribution in [3.8, 4) is 0 Å². The quantitative estimate of drug-likeness (QED) is 0.714. The number of ether oxygens (including phenoxy) is 1. The molecule has 3 N–H and O–H groups in total. The molecule has 0 bridgehead atoms. The minimum atomic E-state index is -0.341. The summed E-state index contributed by atoms with van der Waals surface area (Å²) in [5, 5.41) is 10.2. The molecule has 3 nitrogen and oxygen atoms in total. The number of rotatable bonds is 3. The van der Waals surface area contributed by atoms with Crippen molar-refractivity contribution in [3.63, 3.8) is 0 Å². The summed E-state index contributed by atoms with van der Waals surface area (Å²) >= 11 is 0. The zero-order valence-corrected chi connectivity index (χ0v) is 8.91. The molecule has 0 radical (unpaired) electrons. The predicted octanol–water partition coefficient (Wildman–Crippen LogP) is 1.04. The van der Waals surface area contributed by atoms with Crippen molar-refractivity contribution >= 4 is 0 Å². The molecular formula is C11H21NO2. The summed E-state index contributed by atoms with van der Waals surface area (Å²) in [7, 11) is 0. The molecule has 0 aromatic heterocycles. The first-order chi connectivity index (χ1) is 6.68. The summed E-state index contributed by atoms with van der Waals surface area (Å²) in [5.74, 6) is 0. The van der Waals surface area contributed by atoms with E-state index in [1.807, 2.05) is 0 Å². The van der Waals surface area contributed by atoms with Gasteiger partial charge in [-0.25, -0.2) is 0 Å². The smallest absolute Gasteiger partial charge is 0.0870 e. The van der Waals surface area contributed by atoms with Crippen LogP contribution >= 0.6 is 0 Å². The van der Waals surface area contributed by atoms with Crippen LogP contribution in [0.5, 0.6) is 0 Å². The lowest BCUT2D eigenvalue weighted by Gasteiger charge is -2.46. The van der Waals surface area contributed by atoms with Crippen LogP contribution in [-0.2, 0) is 4.74 Å². The van der Waals surface area contributed by atoms with Gasteiger partial charge in [0.2, 0.25) is 0 Å². The van der Waals surface area contributed by atoms with Crippen molar-refractivity contribution in [2.45, 2.75) is 57.3 Å². The molecule has 0 spiro atoms. The predicted molar refractivity (Wildman–Crippen MR) is 54.9 cm³/mol. The number of hydrogen-bond donors (Lipinski definition) is 2. The van der Waals surface area contributed by atoms with E-state index in [2.05, 4.69) is 6.92 Å². The standard InChI is InChI=1S/C11H21NO2/c1-8-3-4-9(14-8)10(13)11(7-12)5-2-6-11/h8-10,13H,2-7,12H2,1H3. The average Bonchev–Trinajstić information content (AvgIpc) is 2.50. The van der Waals surface area contributed by atoms with E-state index < -0.39 is 0 Å². The molecule has 1 saturated heterocycles. The van der Waals surface area contributed by atoms with Gasteiger partial charge in [-0.15, -0.1) is 0 Å². The van der Waals surface area contributed by atoms with E-state index in [-0.39, 0.29) is 17.6 Å². The van der Waals surface area contributed by atoms with E-state index in [0.29, 0.717) is 12.6 Å². The van der Waals surface area contributed by atoms with Crippen molar-refractivity contribution in [1.29, 1.82) is 0 Å². The number of nitrogens with two attached hydrogens (primary N) is 1. The van der Waals surface area contributed by atoms with Crippen molar-refractivity contribution in [3.05, 3.63) is 0 Å². The number of aliphatic hydroxyl groups excluding tert-OH is 1.